The first kappa shape index (κ1) is 14.3. The van der Waals surface area contributed by atoms with E-state index in [0.29, 0.717) is 12.3 Å². The molecule has 0 saturated carbocycles. The van der Waals surface area contributed by atoms with Gasteiger partial charge in [-0.15, -0.1) is 0 Å². The largest absolute Gasteiger partial charge is 0.387 e. The quantitative estimate of drug-likeness (QED) is 0.887. The van der Waals surface area contributed by atoms with Crippen LogP contribution in [0.4, 0.5) is 5.69 Å². The van der Waals surface area contributed by atoms with Gasteiger partial charge in [-0.1, -0.05) is 6.92 Å². The van der Waals surface area contributed by atoms with Crippen LogP contribution in [-0.4, -0.2) is 36.9 Å². The number of hydrogen-bond donors (Lipinski definition) is 1. The van der Waals surface area contributed by atoms with Crippen molar-refractivity contribution in [3.8, 4) is 0 Å². The maximum atomic E-state index is 9.73. The minimum absolute atomic E-state index is 0.449. The van der Waals surface area contributed by atoms with Crippen LogP contribution in [0.5, 0.6) is 0 Å². The molecule has 2 rings (SSSR count). The van der Waals surface area contributed by atoms with Crippen LogP contribution in [0.3, 0.4) is 0 Å². The summed E-state index contributed by atoms with van der Waals surface area (Å²) in [5, 5.41) is 9.73. The number of pyridine rings is 1. The summed E-state index contributed by atoms with van der Waals surface area (Å²) < 4.78 is 5.38. The highest BCUT2D eigenvalue weighted by atomic mass is 16.5. The lowest BCUT2D eigenvalue weighted by Gasteiger charge is -2.28. The first-order chi connectivity index (χ1) is 9.20. The number of nitrogens with zero attached hydrogens (tertiary/aromatic N) is 2. The maximum absolute atomic E-state index is 9.73. The summed E-state index contributed by atoms with van der Waals surface area (Å²) in [6, 6.07) is 3.96. The molecule has 1 fully saturated rings. The van der Waals surface area contributed by atoms with Crippen LogP contribution in [0.2, 0.25) is 0 Å². The molecule has 1 N–H and O–H groups in total. The molecule has 0 spiro atoms. The molecule has 106 valence electrons. The number of rotatable bonds is 5. The monoisotopic (exact) mass is 264 g/mol. The van der Waals surface area contributed by atoms with Crippen molar-refractivity contribution >= 4 is 5.69 Å². The van der Waals surface area contributed by atoms with Crippen molar-refractivity contribution in [2.75, 3.05) is 31.7 Å². The Morgan fingerprint density at radius 1 is 1.42 bits per heavy atom. The van der Waals surface area contributed by atoms with Gasteiger partial charge in [-0.25, -0.2) is 0 Å². The Hall–Kier alpha value is -1.13. The Kier molecular flexibility index (Phi) is 5.16. The molecule has 1 unspecified atom stereocenters. The SMILES string of the molecule is CCC(O)c1ccc(N(C)CC2CCOCC2)cn1. The number of ether oxygens (including phenoxy) is 1. The zero-order valence-corrected chi connectivity index (χ0v) is 11.9. The molecule has 0 amide bonds. The minimum Gasteiger partial charge on any atom is -0.387 e. The lowest BCUT2D eigenvalue weighted by molar-refractivity contribution is 0.0685. The molecule has 2 heterocycles. The molecule has 1 aromatic heterocycles. The van der Waals surface area contributed by atoms with Crippen molar-refractivity contribution in [2.45, 2.75) is 32.3 Å². The third-order valence-electron chi connectivity index (χ3n) is 3.81. The summed E-state index contributed by atoms with van der Waals surface area (Å²) in [6.07, 6.45) is 4.39. The van der Waals surface area contributed by atoms with Gasteiger partial charge < -0.3 is 14.7 Å². The molecule has 1 aromatic rings. The van der Waals surface area contributed by atoms with Crippen LogP contribution in [0.1, 0.15) is 38.0 Å². The second kappa shape index (κ2) is 6.87. The predicted molar refractivity (Wildman–Crippen MR) is 76.3 cm³/mol. The predicted octanol–water partition coefficient (Wildman–Crippen LogP) is 2.39. The molecular formula is C15H24N2O2. The van der Waals surface area contributed by atoms with Crippen molar-refractivity contribution in [2.24, 2.45) is 5.92 Å². The summed E-state index contributed by atoms with van der Waals surface area (Å²) in [5.41, 5.74) is 1.87. The average molecular weight is 264 g/mol. The molecular weight excluding hydrogens is 240 g/mol. The molecule has 4 heteroatoms. The Labute approximate surface area is 115 Å². The van der Waals surface area contributed by atoms with Crippen LogP contribution >= 0.6 is 0 Å². The van der Waals surface area contributed by atoms with E-state index in [1.807, 2.05) is 25.3 Å². The van der Waals surface area contributed by atoms with E-state index in [1.165, 1.54) is 0 Å². The van der Waals surface area contributed by atoms with E-state index in [9.17, 15) is 5.11 Å². The molecule has 1 saturated heterocycles. The highest BCUT2D eigenvalue weighted by molar-refractivity contribution is 5.43. The Morgan fingerprint density at radius 2 is 2.16 bits per heavy atom. The van der Waals surface area contributed by atoms with E-state index in [4.69, 9.17) is 4.74 Å². The van der Waals surface area contributed by atoms with Gasteiger partial charge in [0.1, 0.15) is 0 Å². The van der Waals surface area contributed by atoms with Crippen LogP contribution < -0.4 is 4.90 Å². The third kappa shape index (κ3) is 3.91. The van der Waals surface area contributed by atoms with Crippen molar-refractivity contribution in [3.63, 3.8) is 0 Å². The van der Waals surface area contributed by atoms with Crippen LogP contribution in [0.25, 0.3) is 0 Å². The van der Waals surface area contributed by atoms with Gasteiger partial charge in [-0.05, 0) is 37.3 Å². The highest BCUT2D eigenvalue weighted by Gasteiger charge is 2.16. The topological polar surface area (TPSA) is 45.6 Å². The van der Waals surface area contributed by atoms with Gasteiger partial charge in [-0.2, -0.15) is 0 Å². The summed E-state index contributed by atoms with van der Waals surface area (Å²) in [6.45, 7) is 4.77. The molecule has 1 aliphatic rings. The van der Waals surface area contributed by atoms with Crippen LogP contribution in [0, 0.1) is 5.92 Å². The lowest BCUT2D eigenvalue weighted by Crippen LogP contribution is -2.29. The van der Waals surface area contributed by atoms with E-state index in [1.54, 1.807) is 0 Å². The number of hydrogen-bond acceptors (Lipinski definition) is 4. The van der Waals surface area contributed by atoms with Gasteiger partial charge in [0.15, 0.2) is 0 Å². The fourth-order valence-corrected chi connectivity index (χ4v) is 2.45. The Morgan fingerprint density at radius 3 is 2.74 bits per heavy atom. The highest BCUT2D eigenvalue weighted by Crippen LogP contribution is 2.21. The maximum Gasteiger partial charge on any atom is 0.0957 e. The van der Waals surface area contributed by atoms with Gasteiger partial charge in [0.2, 0.25) is 0 Å². The van der Waals surface area contributed by atoms with Crippen molar-refractivity contribution in [3.05, 3.63) is 24.0 Å². The molecule has 1 aliphatic heterocycles. The van der Waals surface area contributed by atoms with Gasteiger partial charge in [0, 0.05) is 26.8 Å². The molecule has 19 heavy (non-hydrogen) atoms. The van der Waals surface area contributed by atoms with E-state index in [-0.39, 0.29) is 0 Å². The van der Waals surface area contributed by atoms with Gasteiger partial charge in [0.05, 0.1) is 23.7 Å². The van der Waals surface area contributed by atoms with Crippen molar-refractivity contribution in [1.82, 2.24) is 4.98 Å². The van der Waals surface area contributed by atoms with Crippen molar-refractivity contribution in [1.29, 1.82) is 0 Å². The number of aromatic nitrogens is 1. The lowest BCUT2D eigenvalue weighted by atomic mass is 10.00. The zero-order chi connectivity index (χ0) is 13.7. The standard InChI is InChI=1S/C15H24N2O2/c1-3-15(18)14-5-4-13(10-16-14)17(2)11-12-6-8-19-9-7-12/h4-5,10,12,15,18H,3,6-9,11H2,1-2H3. The molecule has 0 aromatic carbocycles. The first-order valence-corrected chi connectivity index (χ1v) is 7.13. The van der Waals surface area contributed by atoms with Crippen LogP contribution in [-0.2, 0) is 4.74 Å². The van der Waals surface area contributed by atoms with Crippen LogP contribution in [0.15, 0.2) is 18.3 Å². The average Bonchev–Trinajstić information content (AvgIpc) is 2.47. The van der Waals surface area contributed by atoms with E-state index >= 15 is 0 Å². The molecule has 0 aliphatic carbocycles. The summed E-state index contributed by atoms with van der Waals surface area (Å²) in [5.74, 6) is 0.708. The minimum atomic E-state index is -0.449. The number of aliphatic hydroxyl groups excluding tert-OH is 1. The summed E-state index contributed by atoms with van der Waals surface area (Å²) in [4.78, 5) is 6.59. The molecule has 4 nitrogen and oxygen atoms in total. The fourth-order valence-electron chi connectivity index (χ4n) is 2.45. The molecule has 0 radical (unpaired) electrons. The molecule has 0 bridgehead atoms. The Bertz CT molecular complexity index is 374. The van der Waals surface area contributed by atoms with E-state index < -0.39 is 6.10 Å². The second-order valence-corrected chi connectivity index (χ2v) is 5.30. The third-order valence-corrected chi connectivity index (χ3v) is 3.81. The first-order valence-electron chi connectivity index (χ1n) is 7.13. The second-order valence-electron chi connectivity index (χ2n) is 5.30. The van der Waals surface area contributed by atoms with Gasteiger partial charge in [0.25, 0.3) is 0 Å². The summed E-state index contributed by atoms with van der Waals surface area (Å²) >= 11 is 0. The summed E-state index contributed by atoms with van der Waals surface area (Å²) in [7, 11) is 2.10. The normalized spacial score (nSPS) is 18.3. The van der Waals surface area contributed by atoms with Gasteiger partial charge >= 0.3 is 0 Å². The molecule has 1 atom stereocenters. The van der Waals surface area contributed by atoms with E-state index in [2.05, 4.69) is 16.9 Å². The number of anilines is 1. The zero-order valence-electron chi connectivity index (χ0n) is 11.9. The Balaban J connectivity index is 1.93. The van der Waals surface area contributed by atoms with Gasteiger partial charge in [-0.3, -0.25) is 4.98 Å². The number of aliphatic hydroxyl groups is 1. The van der Waals surface area contributed by atoms with E-state index in [0.717, 1.165) is 44.0 Å². The van der Waals surface area contributed by atoms with Crippen molar-refractivity contribution < 1.29 is 9.84 Å². The fraction of sp³-hybridized carbons (Fsp3) is 0.667. The smallest absolute Gasteiger partial charge is 0.0957 e.